The van der Waals surface area contributed by atoms with Gasteiger partial charge in [-0.05, 0) is 54.0 Å². The highest BCUT2D eigenvalue weighted by molar-refractivity contribution is 9.10. The summed E-state index contributed by atoms with van der Waals surface area (Å²) in [5, 5.41) is 22.4. The Morgan fingerprint density at radius 2 is 1.11 bits per heavy atom. The van der Waals surface area contributed by atoms with Crippen LogP contribution in [0.3, 0.4) is 0 Å². The van der Waals surface area contributed by atoms with E-state index in [2.05, 4.69) is 15.9 Å². The van der Waals surface area contributed by atoms with Gasteiger partial charge >= 0.3 is 7.12 Å². The number of ether oxygens (including phenoxy) is 2. The van der Waals surface area contributed by atoms with Crippen molar-refractivity contribution < 1.29 is 42.1 Å². The molecule has 0 saturated heterocycles. The molecule has 8 aromatic rings. The summed E-state index contributed by atoms with van der Waals surface area (Å²) in [6, 6.07) is 19.0. The minimum absolute atomic E-state index is 0.0671. The lowest BCUT2D eigenvalue weighted by Gasteiger charge is -2.09. The summed E-state index contributed by atoms with van der Waals surface area (Å²) in [5.41, 5.74) is 2.93. The molecular formula is C38H30BBrO6. The summed E-state index contributed by atoms with van der Waals surface area (Å²) < 4.78 is 98.7. The number of methoxy groups -OCH3 is 2. The van der Waals surface area contributed by atoms with Gasteiger partial charge in [-0.3, -0.25) is 0 Å². The van der Waals surface area contributed by atoms with E-state index in [1.807, 2.05) is 60.7 Å². The third-order valence-electron chi connectivity index (χ3n) is 6.97. The van der Waals surface area contributed by atoms with Crippen molar-refractivity contribution in [3.63, 3.8) is 0 Å². The summed E-state index contributed by atoms with van der Waals surface area (Å²) in [6.07, 6.45) is 0. The summed E-state index contributed by atoms with van der Waals surface area (Å²) in [7, 11) is 1.32. The largest absolute Gasteiger partial charge is 0.497 e. The summed E-state index contributed by atoms with van der Waals surface area (Å²) >= 11 is 2.92. The van der Waals surface area contributed by atoms with Crippen LogP contribution in [0.2, 0.25) is 0 Å². The van der Waals surface area contributed by atoms with Crippen LogP contribution in [0.15, 0.2) is 147 Å². The Kier molecular flexibility index (Phi) is 6.34. The van der Waals surface area contributed by atoms with Crippen LogP contribution >= 0.6 is 15.9 Å². The topological polar surface area (TPSA) is 85.2 Å². The molecule has 8 rings (SSSR count). The van der Waals surface area contributed by atoms with Gasteiger partial charge in [0.05, 0.1) is 39.0 Å². The molecule has 0 fully saturated rings. The second-order valence-electron chi connectivity index (χ2n) is 9.59. The van der Waals surface area contributed by atoms with Crippen LogP contribution in [-0.4, -0.2) is 31.4 Å². The Morgan fingerprint density at radius 1 is 0.609 bits per heavy atom. The van der Waals surface area contributed by atoms with Gasteiger partial charge in [-0.2, -0.15) is 0 Å². The smallest absolute Gasteiger partial charge is 0.496 e. The van der Waals surface area contributed by atoms with Crippen LogP contribution in [0.5, 0.6) is 11.5 Å². The van der Waals surface area contributed by atoms with E-state index < -0.39 is 25.2 Å². The van der Waals surface area contributed by atoms with Crippen molar-refractivity contribution in [1.82, 2.24) is 0 Å². The molecule has 0 unspecified atom stereocenters. The number of hydrogen-bond donors (Lipinski definition) is 2. The molecule has 0 atom stereocenters. The number of fused-ring (bicyclic) bond motifs is 6. The fourth-order valence-electron chi connectivity index (χ4n) is 5.00. The molecule has 0 aliphatic rings. The second kappa shape index (κ2) is 14.0. The van der Waals surface area contributed by atoms with Gasteiger partial charge in [-0.15, -0.1) is 0 Å². The highest BCUT2D eigenvalue weighted by atomic mass is 79.9. The van der Waals surface area contributed by atoms with E-state index in [0.29, 0.717) is 39.4 Å². The number of rotatable bonds is 4. The van der Waals surface area contributed by atoms with Crippen LogP contribution in [-0.2, 0) is 0 Å². The van der Waals surface area contributed by atoms with Crippen LogP contribution in [0, 0.1) is 0 Å². The predicted octanol–water partition coefficient (Wildman–Crippen LogP) is 8.99. The Bertz CT molecular complexity index is 2670. The quantitative estimate of drug-likeness (QED) is 0.180. The molecule has 2 N–H and O–H groups in total. The second-order valence-corrected chi connectivity index (χ2v) is 10.4. The van der Waals surface area contributed by atoms with Crippen molar-refractivity contribution in [3.05, 3.63) is 138 Å². The van der Waals surface area contributed by atoms with Crippen LogP contribution in [0.25, 0.3) is 55.0 Å². The van der Waals surface area contributed by atoms with Crippen molar-refractivity contribution in [2.45, 2.75) is 0 Å². The normalized spacial score (nSPS) is 13.8. The number of halogens is 1. The highest BCUT2D eigenvalue weighted by Crippen LogP contribution is 2.41. The SMILES string of the molecule is COc1ccc2c(oc3ccccc32)c1B(O)O.[2H]c1c([2H])c([2H])c(-c2c(OC)ccc3c2oc2ccccc23)c([2H])c1[2H].[2H]c1c([2H])c([2H])c(Br)c([2H])c1[2H]. The van der Waals surface area contributed by atoms with Gasteiger partial charge in [0.25, 0.3) is 0 Å². The minimum Gasteiger partial charge on any atom is -0.497 e. The minimum atomic E-state index is -1.63. The van der Waals surface area contributed by atoms with Crippen molar-refractivity contribution in [3.8, 4) is 22.6 Å². The average molecular weight is 683 g/mol. The van der Waals surface area contributed by atoms with E-state index in [9.17, 15) is 10.0 Å². The molecule has 0 saturated carbocycles. The first-order valence-electron chi connectivity index (χ1n) is 18.8. The molecule has 228 valence electrons. The van der Waals surface area contributed by atoms with Gasteiger partial charge in [0, 0.05) is 26.0 Å². The zero-order valence-electron chi connectivity index (χ0n) is 34.4. The predicted molar refractivity (Wildman–Crippen MR) is 190 cm³/mol. The third kappa shape index (κ3) is 6.23. The lowest BCUT2D eigenvalue weighted by Crippen LogP contribution is -2.31. The average Bonchev–Trinajstić information content (AvgIpc) is 3.78. The molecule has 2 heterocycles. The van der Waals surface area contributed by atoms with Gasteiger partial charge < -0.3 is 28.4 Å². The lowest BCUT2D eigenvalue weighted by atomic mass is 9.78. The molecule has 0 radical (unpaired) electrons. The van der Waals surface area contributed by atoms with Crippen molar-refractivity contribution in [2.24, 2.45) is 0 Å². The van der Waals surface area contributed by atoms with Crippen molar-refractivity contribution in [1.29, 1.82) is 0 Å². The van der Waals surface area contributed by atoms with E-state index >= 15 is 0 Å². The molecule has 0 aliphatic heterocycles. The van der Waals surface area contributed by atoms with E-state index in [1.54, 1.807) is 12.1 Å². The number of hydrogen-bond acceptors (Lipinski definition) is 6. The molecule has 6 aromatic carbocycles. The molecule has 0 aliphatic carbocycles. The maximum absolute atomic E-state index is 9.47. The van der Waals surface area contributed by atoms with E-state index in [0.717, 1.165) is 21.5 Å². The lowest BCUT2D eigenvalue weighted by molar-refractivity contribution is 0.403. The van der Waals surface area contributed by atoms with Gasteiger partial charge in [0.2, 0.25) is 0 Å². The van der Waals surface area contributed by atoms with Crippen molar-refractivity contribution >= 4 is 72.4 Å². The standard InChI is InChI=1S/C19H14O2.C13H11BO4.C6H5Br/c1-20-17-12-11-15-14-9-5-6-10-16(14)21-19(15)18(17)13-7-3-2-4-8-13;1-17-11-7-6-9-8-4-2-3-5-10(8)18-13(9)12(11)14(15)16;7-6-4-2-1-3-5-6/h2-12H,1H3;2-7,15-16H,1H3;1-5H/i2D,3D,4D,7D,8D;;1D,2D,3D,4D,5D. The Balaban J connectivity index is 0.000000154. The Morgan fingerprint density at radius 3 is 1.67 bits per heavy atom. The molecule has 0 amide bonds. The monoisotopic (exact) mass is 682 g/mol. The zero-order chi connectivity index (χ0) is 40.7. The van der Waals surface area contributed by atoms with Crippen molar-refractivity contribution in [2.75, 3.05) is 14.2 Å². The summed E-state index contributed by atoms with van der Waals surface area (Å²) in [4.78, 5) is 0. The molecule has 8 heteroatoms. The fourth-order valence-corrected chi connectivity index (χ4v) is 5.20. The molecule has 46 heavy (non-hydrogen) atoms. The van der Waals surface area contributed by atoms with Crippen LogP contribution < -0.4 is 14.9 Å². The first-order chi connectivity index (χ1) is 26.6. The third-order valence-corrected chi connectivity index (χ3v) is 7.37. The Hall–Kier alpha value is -5.02. The van der Waals surface area contributed by atoms with E-state index in [1.165, 1.54) is 14.2 Å². The molecule has 2 aromatic heterocycles. The van der Waals surface area contributed by atoms with Gasteiger partial charge in [-0.25, -0.2) is 0 Å². The molecule has 6 nitrogen and oxygen atoms in total. The Labute approximate surface area is 288 Å². The van der Waals surface area contributed by atoms with Gasteiger partial charge in [-0.1, -0.05) is 101 Å². The van der Waals surface area contributed by atoms with Gasteiger partial charge in [0.15, 0.2) is 0 Å². The molecule has 0 spiro atoms. The summed E-state index contributed by atoms with van der Waals surface area (Å²) in [6.45, 7) is 0. The summed E-state index contributed by atoms with van der Waals surface area (Å²) in [5.74, 6) is 0.784. The first kappa shape index (κ1) is 20.9. The first-order valence-corrected chi connectivity index (χ1v) is 14.6. The number of furan rings is 2. The van der Waals surface area contributed by atoms with Crippen LogP contribution in [0.4, 0.5) is 0 Å². The highest BCUT2D eigenvalue weighted by Gasteiger charge is 2.24. The number of benzene rings is 6. The zero-order valence-corrected chi connectivity index (χ0v) is 26.0. The number of para-hydroxylation sites is 2. The van der Waals surface area contributed by atoms with Gasteiger partial charge in [0.1, 0.15) is 33.8 Å². The fraction of sp³-hybridized carbons (Fsp3) is 0.0526. The maximum atomic E-state index is 9.47. The molecular weight excluding hydrogens is 643 g/mol. The van der Waals surface area contributed by atoms with E-state index in [-0.39, 0.29) is 57.8 Å². The maximum Gasteiger partial charge on any atom is 0.496 e. The molecule has 0 bridgehead atoms. The van der Waals surface area contributed by atoms with Crippen LogP contribution in [0.1, 0.15) is 13.7 Å². The van der Waals surface area contributed by atoms with E-state index in [4.69, 9.17) is 32.0 Å².